The van der Waals surface area contributed by atoms with Crippen LogP contribution in [0.2, 0.25) is 0 Å². The molecule has 0 saturated heterocycles. The molecule has 9 heteroatoms. The van der Waals surface area contributed by atoms with Crippen LogP contribution in [0.15, 0.2) is 0 Å². The fourth-order valence-corrected chi connectivity index (χ4v) is 0.433. The lowest BCUT2D eigenvalue weighted by molar-refractivity contribution is -0.162. The van der Waals surface area contributed by atoms with E-state index in [2.05, 4.69) is 10.7 Å². The first-order chi connectivity index (χ1) is 4.73. The molecule has 11 heavy (non-hydrogen) atoms. The fourth-order valence-electron chi connectivity index (χ4n) is 0.174. The highest BCUT2D eigenvalue weighted by molar-refractivity contribution is 7.87. The molecule has 0 aliphatic carbocycles. The molecule has 6 nitrogen and oxygen atoms in total. The average Bonchev–Trinajstić information content (AvgIpc) is 1.83. The second-order valence-electron chi connectivity index (χ2n) is 1.40. The van der Waals surface area contributed by atoms with Gasteiger partial charge in [-0.2, -0.15) is 23.1 Å². The van der Waals surface area contributed by atoms with E-state index in [1.54, 1.807) is 0 Å². The Hall–Kier alpha value is -0.800. The molecule has 0 aromatic rings. The molecule has 66 valence electrons. The van der Waals surface area contributed by atoms with Gasteiger partial charge in [-0.3, -0.25) is 4.55 Å². The van der Waals surface area contributed by atoms with E-state index in [9.17, 15) is 22.0 Å². The quantitative estimate of drug-likeness (QED) is 0.423. The molecule has 0 aliphatic rings. The molecule has 0 aromatic heterocycles. The molecule has 0 unspecified atom stereocenters. The Morgan fingerprint density at radius 1 is 1.55 bits per heavy atom. The average molecular weight is 191 g/mol. The second-order valence-corrected chi connectivity index (χ2v) is 2.86. The van der Waals surface area contributed by atoms with Crippen LogP contribution in [0.1, 0.15) is 0 Å². The maximum Gasteiger partial charge on any atom is 0.467 e. The van der Waals surface area contributed by atoms with E-state index in [0.717, 1.165) is 0 Å². The highest BCUT2D eigenvalue weighted by atomic mass is 32.2. The molecule has 0 atom stereocenters. The molecule has 0 bridgehead atoms. The topological polar surface area (TPSA) is 107 Å². The van der Waals surface area contributed by atoms with E-state index in [1.807, 2.05) is 0 Å². The van der Waals surface area contributed by atoms with Gasteiger partial charge in [0.05, 0.1) is 0 Å². The van der Waals surface area contributed by atoms with Crippen LogP contribution in [-0.2, 0) is 19.8 Å². The maximum atomic E-state index is 11.9. The smallest absolute Gasteiger partial charge is 0.368 e. The van der Waals surface area contributed by atoms with Crippen molar-refractivity contribution in [2.24, 2.45) is 5.90 Å². The first-order valence-electron chi connectivity index (χ1n) is 1.99. The molecule has 0 heterocycles. The molecule has 0 aromatic carbocycles. The Morgan fingerprint density at radius 2 is 1.91 bits per heavy atom. The minimum atomic E-state index is -5.80. The SMILES string of the molecule is NOC(=O)C(F)(F)S(=O)(=O)O. The molecule has 0 amide bonds. The largest absolute Gasteiger partial charge is 0.467 e. The molecule has 0 saturated carbocycles. The van der Waals surface area contributed by atoms with Crippen molar-refractivity contribution < 1.29 is 31.4 Å². The summed E-state index contributed by atoms with van der Waals surface area (Å²) in [6.45, 7) is 0. The Balaban J connectivity index is 4.90. The highest BCUT2D eigenvalue weighted by Gasteiger charge is 2.54. The zero-order chi connectivity index (χ0) is 9.28. The van der Waals surface area contributed by atoms with Crippen LogP contribution in [-0.4, -0.2) is 24.2 Å². The molecule has 0 aliphatic heterocycles. The lowest BCUT2D eigenvalue weighted by atomic mass is 10.7. The van der Waals surface area contributed by atoms with E-state index in [0.29, 0.717) is 0 Å². The molecule has 0 radical (unpaired) electrons. The van der Waals surface area contributed by atoms with Crippen molar-refractivity contribution in [3.63, 3.8) is 0 Å². The summed E-state index contributed by atoms with van der Waals surface area (Å²) < 4.78 is 51.0. The normalized spacial score (nSPS) is 12.7. The second kappa shape index (κ2) is 2.68. The third-order valence-electron chi connectivity index (χ3n) is 0.669. The van der Waals surface area contributed by atoms with Crippen molar-refractivity contribution in [1.82, 2.24) is 0 Å². The van der Waals surface area contributed by atoms with Gasteiger partial charge < -0.3 is 4.84 Å². The van der Waals surface area contributed by atoms with Crippen LogP contribution in [0.5, 0.6) is 0 Å². The van der Waals surface area contributed by atoms with Gasteiger partial charge in [-0.1, -0.05) is 0 Å². The van der Waals surface area contributed by atoms with Gasteiger partial charge >= 0.3 is 21.3 Å². The predicted octanol–water partition coefficient (Wildman–Crippen LogP) is -1.12. The number of hydrogen-bond acceptors (Lipinski definition) is 5. The Morgan fingerprint density at radius 3 is 2.00 bits per heavy atom. The van der Waals surface area contributed by atoms with Crippen LogP contribution in [0.4, 0.5) is 8.78 Å². The minimum absolute atomic E-state index is 2.54. The maximum absolute atomic E-state index is 11.9. The van der Waals surface area contributed by atoms with E-state index in [-0.39, 0.29) is 0 Å². The van der Waals surface area contributed by atoms with E-state index in [1.165, 1.54) is 0 Å². The van der Waals surface area contributed by atoms with Crippen LogP contribution in [0, 0.1) is 0 Å². The molecule has 3 N–H and O–H groups in total. The lowest BCUT2D eigenvalue weighted by Crippen LogP contribution is -2.40. The summed E-state index contributed by atoms with van der Waals surface area (Å²) in [7, 11) is -5.80. The van der Waals surface area contributed by atoms with Crippen molar-refractivity contribution in [2.45, 2.75) is 5.25 Å². The molecular weight excluding hydrogens is 188 g/mol. The lowest BCUT2D eigenvalue weighted by Gasteiger charge is -2.07. The number of carbonyl (C=O) groups is 1. The molecule has 0 spiro atoms. The molecular formula is C2H3F2NO5S. The molecule has 0 rings (SSSR count). The summed E-state index contributed by atoms with van der Waals surface area (Å²) in [5, 5.41) is -5.01. The Labute approximate surface area is 59.6 Å². The van der Waals surface area contributed by atoms with Gasteiger partial charge in [0, 0.05) is 0 Å². The van der Waals surface area contributed by atoms with Crippen LogP contribution in [0.3, 0.4) is 0 Å². The van der Waals surface area contributed by atoms with Crippen LogP contribution in [0.25, 0.3) is 0 Å². The first-order valence-corrected chi connectivity index (χ1v) is 3.43. The number of alkyl halides is 2. The standard InChI is InChI=1S/C2H3F2NO5S/c3-2(4,1(6)10-5)11(7,8)9/h5H2,(H,7,8,9). The predicted molar refractivity (Wildman–Crippen MR) is 26.8 cm³/mol. The summed E-state index contributed by atoms with van der Waals surface area (Å²) in [6, 6.07) is 0. The van der Waals surface area contributed by atoms with Crippen molar-refractivity contribution in [2.75, 3.05) is 0 Å². The summed E-state index contributed by atoms with van der Waals surface area (Å²) in [5.74, 6) is 1.41. The number of carbonyl (C=O) groups excluding carboxylic acids is 1. The molecule has 0 fully saturated rings. The zero-order valence-electron chi connectivity index (χ0n) is 4.82. The third-order valence-corrected chi connectivity index (χ3v) is 1.48. The van der Waals surface area contributed by atoms with Gasteiger partial charge in [-0.05, 0) is 0 Å². The summed E-state index contributed by atoms with van der Waals surface area (Å²) in [5.41, 5.74) is 0. The van der Waals surface area contributed by atoms with Gasteiger partial charge in [0.15, 0.2) is 0 Å². The Kier molecular flexibility index (Phi) is 2.48. The fraction of sp³-hybridized carbons (Fsp3) is 0.500. The highest BCUT2D eigenvalue weighted by Crippen LogP contribution is 2.20. The van der Waals surface area contributed by atoms with Gasteiger partial charge in [0.25, 0.3) is 0 Å². The van der Waals surface area contributed by atoms with Crippen molar-refractivity contribution in [3.05, 3.63) is 0 Å². The number of halogens is 2. The van der Waals surface area contributed by atoms with Gasteiger partial charge in [0.1, 0.15) is 0 Å². The van der Waals surface area contributed by atoms with E-state index >= 15 is 0 Å². The van der Waals surface area contributed by atoms with Crippen molar-refractivity contribution >= 4 is 16.1 Å². The third kappa shape index (κ3) is 1.82. The Bertz CT molecular complexity index is 258. The van der Waals surface area contributed by atoms with Crippen molar-refractivity contribution in [3.8, 4) is 0 Å². The summed E-state index contributed by atoms with van der Waals surface area (Å²) >= 11 is 0. The van der Waals surface area contributed by atoms with Gasteiger partial charge in [-0.25, -0.2) is 4.79 Å². The van der Waals surface area contributed by atoms with Gasteiger partial charge in [-0.15, -0.1) is 0 Å². The number of nitrogens with two attached hydrogens (primary N) is 1. The van der Waals surface area contributed by atoms with E-state index in [4.69, 9.17) is 4.55 Å². The van der Waals surface area contributed by atoms with Crippen LogP contribution < -0.4 is 5.90 Å². The number of hydrogen-bond donors (Lipinski definition) is 2. The minimum Gasteiger partial charge on any atom is -0.368 e. The van der Waals surface area contributed by atoms with E-state index < -0.39 is 21.3 Å². The summed E-state index contributed by atoms with van der Waals surface area (Å²) in [4.78, 5) is 12.8. The first kappa shape index (κ1) is 10.2. The summed E-state index contributed by atoms with van der Waals surface area (Å²) in [6.07, 6.45) is 0. The van der Waals surface area contributed by atoms with Crippen molar-refractivity contribution in [1.29, 1.82) is 0 Å². The number of rotatable bonds is 2. The zero-order valence-corrected chi connectivity index (χ0v) is 5.64. The van der Waals surface area contributed by atoms with Gasteiger partial charge in [0.2, 0.25) is 0 Å². The van der Waals surface area contributed by atoms with Crippen LogP contribution >= 0.6 is 0 Å². The monoisotopic (exact) mass is 191 g/mol.